The molecule has 0 amide bonds. The van der Waals surface area contributed by atoms with Crippen LogP contribution in [0.5, 0.6) is 5.75 Å². The second-order valence-corrected chi connectivity index (χ2v) is 6.13. The van der Waals surface area contributed by atoms with Gasteiger partial charge in [-0.05, 0) is 43.5 Å². The van der Waals surface area contributed by atoms with E-state index in [0.29, 0.717) is 13.2 Å². The van der Waals surface area contributed by atoms with Crippen LogP contribution in [0.1, 0.15) is 33.6 Å². The quantitative estimate of drug-likeness (QED) is 0.887. The highest BCUT2D eigenvalue weighted by Gasteiger charge is 2.08. The predicted octanol–water partition coefficient (Wildman–Crippen LogP) is 3.40. The smallest absolute Gasteiger partial charge is 0.119 e. The van der Waals surface area contributed by atoms with Gasteiger partial charge < -0.3 is 10.5 Å². The Hall–Kier alpha value is -1.39. The summed E-state index contributed by atoms with van der Waals surface area (Å²) in [5, 5.41) is 1.12. The van der Waals surface area contributed by atoms with Crippen molar-refractivity contribution >= 4 is 11.3 Å². The number of hydrogen-bond donors (Lipinski definition) is 1. The van der Waals surface area contributed by atoms with Gasteiger partial charge in [-0.25, -0.2) is 4.98 Å². The molecule has 0 saturated carbocycles. The average molecular weight is 290 g/mol. The summed E-state index contributed by atoms with van der Waals surface area (Å²) in [6.45, 7) is 7.52. The number of aryl methyl sites for hydroxylation is 3. The van der Waals surface area contributed by atoms with Crippen LogP contribution in [-0.2, 0) is 19.4 Å². The molecule has 1 aromatic carbocycles. The van der Waals surface area contributed by atoms with Crippen LogP contribution in [-0.4, -0.2) is 11.6 Å². The zero-order valence-electron chi connectivity index (χ0n) is 12.4. The number of nitrogens with zero attached hydrogens (tertiary/aromatic N) is 1. The van der Waals surface area contributed by atoms with E-state index in [1.165, 1.54) is 16.0 Å². The Bertz CT molecular complexity index is 536. The predicted molar refractivity (Wildman–Crippen MR) is 84.5 cm³/mol. The molecule has 20 heavy (non-hydrogen) atoms. The zero-order chi connectivity index (χ0) is 14.5. The minimum atomic E-state index is 0.582. The van der Waals surface area contributed by atoms with Crippen molar-refractivity contribution in [2.75, 3.05) is 6.61 Å². The monoisotopic (exact) mass is 290 g/mol. The molecule has 1 heterocycles. The summed E-state index contributed by atoms with van der Waals surface area (Å²) in [7, 11) is 0. The van der Waals surface area contributed by atoms with Crippen molar-refractivity contribution in [2.45, 2.75) is 40.2 Å². The molecular formula is C16H22N2OS. The molecule has 0 aliphatic rings. The van der Waals surface area contributed by atoms with Crippen molar-refractivity contribution in [3.8, 4) is 5.75 Å². The van der Waals surface area contributed by atoms with E-state index in [0.717, 1.165) is 29.3 Å². The Kier molecular flexibility index (Phi) is 5.15. The van der Waals surface area contributed by atoms with Gasteiger partial charge in [-0.15, -0.1) is 11.3 Å². The maximum Gasteiger partial charge on any atom is 0.119 e. The van der Waals surface area contributed by atoms with Gasteiger partial charge in [-0.2, -0.15) is 0 Å². The number of rotatable bonds is 6. The van der Waals surface area contributed by atoms with Crippen LogP contribution < -0.4 is 10.5 Å². The van der Waals surface area contributed by atoms with Crippen molar-refractivity contribution in [1.82, 2.24) is 4.98 Å². The molecule has 2 aromatic rings. The van der Waals surface area contributed by atoms with Gasteiger partial charge in [0.15, 0.2) is 0 Å². The first-order chi connectivity index (χ1) is 9.62. The lowest BCUT2D eigenvalue weighted by atomic mass is 10.1. The summed E-state index contributed by atoms with van der Waals surface area (Å²) in [6, 6.07) is 6.28. The Morgan fingerprint density at radius 2 is 1.90 bits per heavy atom. The van der Waals surface area contributed by atoms with E-state index < -0.39 is 0 Å². The van der Waals surface area contributed by atoms with Crippen molar-refractivity contribution in [3.05, 3.63) is 44.9 Å². The topological polar surface area (TPSA) is 48.1 Å². The van der Waals surface area contributed by atoms with E-state index in [1.807, 2.05) is 0 Å². The van der Waals surface area contributed by atoms with Gasteiger partial charge in [0.1, 0.15) is 5.75 Å². The van der Waals surface area contributed by atoms with Gasteiger partial charge in [0.05, 0.1) is 17.3 Å². The number of thiazole rings is 1. The highest BCUT2D eigenvalue weighted by Crippen LogP contribution is 2.20. The highest BCUT2D eigenvalue weighted by atomic mass is 32.1. The molecule has 0 unspecified atom stereocenters. The summed E-state index contributed by atoms with van der Waals surface area (Å²) in [5.41, 5.74) is 9.33. The van der Waals surface area contributed by atoms with Crippen LogP contribution >= 0.6 is 11.3 Å². The minimum absolute atomic E-state index is 0.582. The summed E-state index contributed by atoms with van der Waals surface area (Å²) in [4.78, 5) is 5.83. The van der Waals surface area contributed by atoms with Crippen molar-refractivity contribution < 1.29 is 4.74 Å². The highest BCUT2D eigenvalue weighted by molar-refractivity contribution is 7.11. The van der Waals surface area contributed by atoms with Crippen LogP contribution in [0.3, 0.4) is 0 Å². The van der Waals surface area contributed by atoms with E-state index in [-0.39, 0.29) is 0 Å². The fourth-order valence-corrected chi connectivity index (χ4v) is 3.27. The molecule has 3 nitrogen and oxygen atoms in total. The Morgan fingerprint density at radius 3 is 2.45 bits per heavy atom. The van der Waals surface area contributed by atoms with Gasteiger partial charge >= 0.3 is 0 Å². The summed E-state index contributed by atoms with van der Waals surface area (Å²) < 4.78 is 5.82. The molecule has 2 N–H and O–H groups in total. The van der Waals surface area contributed by atoms with E-state index in [9.17, 15) is 0 Å². The van der Waals surface area contributed by atoms with E-state index in [1.54, 1.807) is 11.3 Å². The molecule has 2 rings (SSSR count). The Labute approximate surface area is 124 Å². The molecule has 0 aliphatic carbocycles. The maximum atomic E-state index is 5.82. The van der Waals surface area contributed by atoms with Crippen LogP contribution in [0.15, 0.2) is 18.2 Å². The van der Waals surface area contributed by atoms with Crippen LogP contribution in [0.4, 0.5) is 0 Å². The third-order valence-corrected chi connectivity index (χ3v) is 4.30. The number of aromatic nitrogens is 1. The second kappa shape index (κ2) is 6.86. The molecule has 0 saturated heterocycles. The van der Waals surface area contributed by atoms with Crippen molar-refractivity contribution in [1.29, 1.82) is 0 Å². The average Bonchev–Trinajstić information content (AvgIpc) is 2.80. The number of nitrogens with two attached hydrogens (primary N) is 1. The first-order valence-electron chi connectivity index (χ1n) is 7.01. The van der Waals surface area contributed by atoms with Gasteiger partial charge in [0.2, 0.25) is 0 Å². The standard InChI is InChI=1S/C16H22N2OS/c1-4-14-15(10-17)20-16(18-14)5-6-19-13-8-11(2)7-12(3)9-13/h7-9H,4-6,10,17H2,1-3H3. The molecule has 108 valence electrons. The lowest BCUT2D eigenvalue weighted by Crippen LogP contribution is -2.01. The third-order valence-electron chi connectivity index (χ3n) is 3.12. The number of hydrogen-bond acceptors (Lipinski definition) is 4. The Morgan fingerprint density at radius 1 is 1.20 bits per heavy atom. The van der Waals surface area contributed by atoms with E-state index >= 15 is 0 Å². The zero-order valence-corrected chi connectivity index (χ0v) is 13.2. The first kappa shape index (κ1) is 15.0. The minimum Gasteiger partial charge on any atom is -0.493 e. The van der Waals surface area contributed by atoms with E-state index in [2.05, 4.69) is 44.0 Å². The summed E-state index contributed by atoms with van der Waals surface area (Å²) >= 11 is 1.71. The molecule has 1 aromatic heterocycles. The molecular weight excluding hydrogens is 268 g/mol. The molecule has 0 spiro atoms. The van der Waals surface area contributed by atoms with Crippen LogP contribution in [0, 0.1) is 13.8 Å². The fraction of sp³-hybridized carbons (Fsp3) is 0.438. The van der Waals surface area contributed by atoms with Gasteiger partial charge in [0, 0.05) is 17.8 Å². The fourth-order valence-electron chi connectivity index (χ4n) is 2.25. The summed E-state index contributed by atoms with van der Waals surface area (Å²) in [6.07, 6.45) is 1.78. The normalized spacial score (nSPS) is 10.8. The van der Waals surface area contributed by atoms with Crippen LogP contribution in [0.2, 0.25) is 0 Å². The number of benzene rings is 1. The summed E-state index contributed by atoms with van der Waals surface area (Å²) in [5.74, 6) is 0.939. The second-order valence-electron chi connectivity index (χ2n) is 4.96. The third kappa shape index (κ3) is 3.81. The lowest BCUT2D eigenvalue weighted by Gasteiger charge is -2.07. The number of ether oxygens (including phenoxy) is 1. The SMILES string of the molecule is CCc1nc(CCOc2cc(C)cc(C)c2)sc1CN. The molecule has 0 atom stereocenters. The molecule has 0 bridgehead atoms. The van der Waals surface area contributed by atoms with Gasteiger partial charge in [-0.3, -0.25) is 0 Å². The molecule has 4 heteroatoms. The van der Waals surface area contributed by atoms with Crippen LogP contribution in [0.25, 0.3) is 0 Å². The van der Waals surface area contributed by atoms with Crippen molar-refractivity contribution in [3.63, 3.8) is 0 Å². The Balaban J connectivity index is 1.94. The van der Waals surface area contributed by atoms with Crippen molar-refractivity contribution in [2.24, 2.45) is 5.73 Å². The maximum absolute atomic E-state index is 5.82. The molecule has 0 fully saturated rings. The largest absolute Gasteiger partial charge is 0.493 e. The van der Waals surface area contributed by atoms with Gasteiger partial charge in [0.25, 0.3) is 0 Å². The molecule has 0 aliphatic heterocycles. The lowest BCUT2D eigenvalue weighted by molar-refractivity contribution is 0.321. The first-order valence-corrected chi connectivity index (χ1v) is 7.82. The van der Waals surface area contributed by atoms with Gasteiger partial charge in [-0.1, -0.05) is 13.0 Å². The molecule has 0 radical (unpaired) electrons. The van der Waals surface area contributed by atoms with E-state index in [4.69, 9.17) is 10.5 Å².